The van der Waals surface area contributed by atoms with E-state index in [-0.39, 0.29) is 5.91 Å². The van der Waals surface area contributed by atoms with Crippen molar-refractivity contribution < 1.29 is 9.90 Å². The highest BCUT2D eigenvalue weighted by atomic mass is 32.1. The standard InChI is InChI=1S/C21H16N2O2S/c24-20-21(25,17-12-22-18-9-3-1-7-15(17)18)16-8-2-4-10-19(16)23(20)13-14-6-5-11-26-14/h1-12,22,25H,13H2. The van der Waals surface area contributed by atoms with E-state index in [4.69, 9.17) is 0 Å². The molecule has 2 aromatic carbocycles. The van der Waals surface area contributed by atoms with Gasteiger partial charge in [-0.25, -0.2) is 0 Å². The maximum atomic E-state index is 13.4. The van der Waals surface area contributed by atoms with Crippen LogP contribution in [-0.2, 0) is 16.9 Å². The number of hydrogen-bond acceptors (Lipinski definition) is 3. The van der Waals surface area contributed by atoms with Crippen molar-refractivity contribution in [1.29, 1.82) is 0 Å². The van der Waals surface area contributed by atoms with Crippen molar-refractivity contribution in [3.63, 3.8) is 0 Å². The molecule has 0 fully saturated rings. The van der Waals surface area contributed by atoms with Crippen molar-refractivity contribution >= 4 is 33.8 Å². The molecule has 4 aromatic rings. The SMILES string of the molecule is O=C1N(Cc2cccs2)c2ccccc2C1(O)c1c[nH]c2ccccc12. The third-order valence-corrected chi connectivity index (χ3v) is 5.87. The topological polar surface area (TPSA) is 56.3 Å². The van der Waals surface area contributed by atoms with Gasteiger partial charge in [0.15, 0.2) is 5.60 Å². The van der Waals surface area contributed by atoms with E-state index < -0.39 is 5.60 Å². The number of amides is 1. The zero-order valence-corrected chi connectivity index (χ0v) is 14.7. The molecule has 5 heteroatoms. The number of fused-ring (bicyclic) bond motifs is 2. The Hall–Kier alpha value is -2.89. The Morgan fingerprint density at radius 3 is 2.65 bits per heavy atom. The van der Waals surface area contributed by atoms with Gasteiger partial charge in [-0.2, -0.15) is 0 Å². The molecule has 0 radical (unpaired) electrons. The van der Waals surface area contributed by atoms with Crippen molar-refractivity contribution in [3.8, 4) is 0 Å². The average molecular weight is 360 g/mol. The first-order valence-corrected chi connectivity index (χ1v) is 9.30. The number of H-pyrrole nitrogens is 1. The molecule has 1 amide bonds. The third-order valence-electron chi connectivity index (χ3n) is 5.01. The Balaban J connectivity index is 1.70. The number of rotatable bonds is 3. The lowest BCUT2D eigenvalue weighted by Crippen LogP contribution is -2.40. The highest BCUT2D eigenvalue weighted by Gasteiger charge is 2.52. The monoisotopic (exact) mass is 360 g/mol. The fraction of sp³-hybridized carbons (Fsp3) is 0.0952. The normalized spacial score (nSPS) is 19.3. The van der Waals surface area contributed by atoms with Crippen molar-refractivity contribution in [2.45, 2.75) is 12.1 Å². The minimum absolute atomic E-state index is 0.308. The number of aromatic amines is 1. The number of aliphatic hydroxyl groups is 1. The maximum Gasteiger partial charge on any atom is 0.268 e. The van der Waals surface area contributed by atoms with Gasteiger partial charge in [-0.3, -0.25) is 4.79 Å². The molecule has 2 aromatic heterocycles. The summed E-state index contributed by atoms with van der Waals surface area (Å²) in [5.41, 5.74) is 1.20. The predicted octanol–water partition coefficient (Wildman–Crippen LogP) is 4.01. The quantitative estimate of drug-likeness (QED) is 0.580. The lowest BCUT2D eigenvalue weighted by atomic mass is 9.87. The molecule has 5 rings (SSSR count). The molecule has 3 heterocycles. The molecule has 0 saturated carbocycles. The fourth-order valence-electron chi connectivity index (χ4n) is 3.78. The molecule has 0 spiro atoms. The second-order valence-corrected chi connectivity index (χ2v) is 7.48. The molecule has 1 aliphatic heterocycles. The minimum atomic E-state index is -1.69. The van der Waals surface area contributed by atoms with Crippen LogP contribution < -0.4 is 4.90 Å². The summed E-state index contributed by atoms with van der Waals surface area (Å²) in [5, 5.41) is 14.5. The van der Waals surface area contributed by atoms with E-state index in [1.54, 1.807) is 22.4 Å². The van der Waals surface area contributed by atoms with Gasteiger partial charge in [0, 0.05) is 33.1 Å². The van der Waals surface area contributed by atoms with Gasteiger partial charge in [0.1, 0.15) is 0 Å². The van der Waals surface area contributed by atoms with Gasteiger partial charge in [0.2, 0.25) is 0 Å². The summed E-state index contributed by atoms with van der Waals surface area (Å²) in [7, 11) is 0. The molecular weight excluding hydrogens is 344 g/mol. The zero-order chi connectivity index (χ0) is 17.7. The Bertz CT molecular complexity index is 1120. The van der Waals surface area contributed by atoms with Gasteiger partial charge >= 0.3 is 0 Å². The number of anilines is 1. The van der Waals surface area contributed by atoms with Crippen LogP contribution in [0.2, 0.25) is 0 Å². The highest BCUT2D eigenvalue weighted by Crippen LogP contribution is 2.46. The number of hydrogen-bond donors (Lipinski definition) is 2. The Morgan fingerprint density at radius 1 is 1.00 bits per heavy atom. The van der Waals surface area contributed by atoms with Crippen LogP contribution in [0, 0.1) is 0 Å². The molecule has 0 aliphatic carbocycles. The first-order chi connectivity index (χ1) is 12.7. The first-order valence-electron chi connectivity index (χ1n) is 8.42. The van der Waals surface area contributed by atoms with Crippen molar-refractivity contribution in [3.05, 3.63) is 88.2 Å². The molecule has 1 aliphatic rings. The summed E-state index contributed by atoms with van der Waals surface area (Å²) in [6, 6.07) is 19.2. The lowest BCUT2D eigenvalue weighted by molar-refractivity contribution is -0.132. The van der Waals surface area contributed by atoms with Crippen LogP contribution in [0.4, 0.5) is 5.69 Å². The number of carbonyl (C=O) groups is 1. The molecule has 128 valence electrons. The Kier molecular flexibility index (Phi) is 3.29. The molecular formula is C21H16N2O2S. The summed E-state index contributed by atoms with van der Waals surface area (Å²) in [6.07, 6.45) is 1.74. The first kappa shape index (κ1) is 15.4. The van der Waals surface area contributed by atoms with E-state index in [0.717, 1.165) is 21.5 Å². The summed E-state index contributed by atoms with van der Waals surface area (Å²) >= 11 is 1.60. The largest absolute Gasteiger partial charge is 0.372 e. The Morgan fingerprint density at radius 2 is 1.81 bits per heavy atom. The second kappa shape index (κ2) is 5.56. The average Bonchev–Trinajstić information content (AvgIpc) is 3.38. The van der Waals surface area contributed by atoms with E-state index in [1.165, 1.54) is 0 Å². The van der Waals surface area contributed by atoms with E-state index in [0.29, 0.717) is 17.7 Å². The minimum Gasteiger partial charge on any atom is -0.372 e. The molecule has 1 atom stereocenters. The van der Waals surface area contributed by atoms with Gasteiger partial charge in [0.25, 0.3) is 5.91 Å². The number of carbonyl (C=O) groups excluding carboxylic acids is 1. The smallest absolute Gasteiger partial charge is 0.268 e. The van der Waals surface area contributed by atoms with Crippen LogP contribution in [0.5, 0.6) is 0 Å². The number of para-hydroxylation sites is 2. The summed E-state index contributed by atoms with van der Waals surface area (Å²) < 4.78 is 0. The van der Waals surface area contributed by atoms with Gasteiger partial charge in [0.05, 0.1) is 12.2 Å². The molecule has 0 bridgehead atoms. The molecule has 1 unspecified atom stereocenters. The van der Waals surface area contributed by atoms with Crippen LogP contribution in [0.15, 0.2) is 72.2 Å². The van der Waals surface area contributed by atoms with Gasteiger partial charge < -0.3 is 15.0 Å². The van der Waals surface area contributed by atoms with Crippen LogP contribution in [0.3, 0.4) is 0 Å². The second-order valence-electron chi connectivity index (χ2n) is 6.45. The molecule has 26 heavy (non-hydrogen) atoms. The van der Waals surface area contributed by atoms with Crippen LogP contribution in [0.1, 0.15) is 16.0 Å². The summed E-state index contributed by atoms with van der Waals surface area (Å²) in [6.45, 7) is 0.457. The van der Waals surface area contributed by atoms with Crippen molar-refractivity contribution in [2.75, 3.05) is 4.90 Å². The third kappa shape index (κ3) is 2.01. The number of nitrogens with one attached hydrogen (secondary N) is 1. The lowest BCUT2D eigenvalue weighted by Gasteiger charge is -2.23. The summed E-state index contributed by atoms with van der Waals surface area (Å²) in [4.78, 5) is 19.4. The van der Waals surface area contributed by atoms with E-state index in [9.17, 15) is 9.90 Å². The predicted molar refractivity (Wildman–Crippen MR) is 103 cm³/mol. The molecule has 0 saturated heterocycles. The van der Waals surface area contributed by atoms with Crippen LogP contribution in [-0.4, -0.2) is 16.0 Å². The van der Waals surface area contributed by atoms with Crippen LogP contribution >= 0.6 is 11.3 Å². The van der Waals surface area contributed by atoms with Gasteiger partial charge in [-0.05, 0) is 23.6 Å². The van der Waals surface area contributed by atoms with Crippen LogP contribution in [0.25, 0.3) is 10.9 Å². The van der Waals surface area contributed by atoms with E-state index in [1.807, 2.05) is 66.0 Å². The van der Waals surface area contributed by atoms with Gasteiger partial charge in [-0.15, -0.1) is 11.3 Å². The number of nitrogens with zero attached hydrogens (tertiary/aromatic N) is 1. The van der Waals surface area contributed by atoms with E-state index in [2.05, 4.69) is 4.98 Å². The molecule has 4 nitrogen and oxygen atoms in total. The number of benzene rings is 2. The Labute approximate surface area is 154 Å². The summed E-state index contributed by atoms with van der Waals surface area (Å²) in [5.74, 6) is -0.308. The number of thiophene rings is 1. The van der Waals surface area contributed by atoms with Crippen molar-refractivity contribution in [1.82, 2.24) is 4.98 Å². The zero-order valence-electron chi connectivity index (χ0n) is 13.8. The maximum absolute atomic E-state index is 13.4. The fourth-order valence-corrected chi connectivity index (χ4v) is 4.47. The number of aromatic nitrogens is 1. The van der Waals surface area contributed by atoms with Gasteiger partial charge in [-0.1, -0.05) is 42.5 Å². The molecule has 2 N–H and O–H groups in total. The highest BCUT2D eigenvalue weighted by molar-refractivity contribution is 7.09. The van der Waals surface area contributed by atoms with Crippen molar-refractivity contribution in [2.24, 2.45) is 0 Å². The van der Waals surface area contributed by atoms with E-state index >= 15 is 0 Å².